The number of thiophene rings is 1. The Bertz CT molecular complexity index is 548. The van der Waals surface area contributed by atoms with Gasteiger partial charge in [0.05, 0.1) is 9.77 Å². The molecule has 0 fully saturated rings. The minimum atomic E-state index is -3.48. The van der Waals surface area contributed by atoms with Crippen LogP contribution < -0.4 is 5.32 Å². The van der Waals surface area contributed by atoms with E-state index >= 15 is 0 Å². The standard InChI is InChI=1S/C13H22N2O3S2/c1-5-10(4)14-13(16)12-8-11(9-19-12)20(17,18)15(6-2)7-3/h8-10H,5-7H2,1-4H3,(H,14,16). The lowest BCUT2D eigenvalue weighted by Gasteiger charge is -2.17. The van der Waals surface area contributed by atoms with Crippen LogP contribution in [-0.4, -0.2) is 37.8 Å². The summed E-state index contributed by atoms with van der Waals surface area (Å²) in [4.78, 5) is 12.6. The second-order valence-electron chi connectivity index (χ2n) is 4.52. The van der Waals surface area contributed by atoms with Crippen LogP contribution in [0.5, 0.6) is 0 Å². The molecule has 0 aliphatic rings. The molecule has 0 spiro atoms. The van der Waals surface area contributed by atoms with E-state index in [1.165, 1.54) is 15.8 Å². The highest BCUT2D eigenvalue weighted by atomic mass is 32.2. The molecule has 1 rings (SSSR count). The van der Waals surface area contributed by atoms with Crippen molar-refractivity contribution in [3.8, 4) is 0 Å². The molecule has 1 aromatic rings. The molecule has 5 nitrogen and oxygen atoms in total. The second-order valence-corrected chi connectivity index (χ2v) is 7.37. The largest absolute Gasteiger partial charge is 0.349 e. The van der Waals surface area contributed by atoms with Gasteiger partial charge in [0.15, 0.2) is 0 Å². The van der Waals surface area contributed by atoms with E-state index in [2.05, 4.69) is 5.32 Å². The molecule has 114 valence electrons. The van der Waals surface area contributed by atoms with E-state index in [-0.39, 0.29) is 16.8 Å². The minimum absolute atomic E-state index is 0.0763. The number of hydrogen-bond donors (Lipinski definition) is 1. The van der Waals surface area contributed by atoms with Gasteiger partial charge in [-0.1, -0.05) is 20.8 Å². The first-order valence-electron chi connectivity index (χ1n) is 6.76. The molecule has 1 amide bonds. The van der Waals surface area contributed by atoms with Crippen LogP contribution in [0, 0.1) is 0 Å². The van der Waals surface area contributed by atoms with E-state index in [4.69, 9.17) is 0 Å². The summed E-state index contributed by atoms with van der Waals surface area (Å²) in [6.45, 7) is 8.33. The van der Waals surface area contributed by atoms with E-state index in [1.54, 1.807) is 13.8 Å². The molecule has 1 heterocycles. The molecule has 1 atom stereocenters. The van der Waals surface area contributed by atoms with Crippen LogP contribution in [0.15, 0.2) is 16.3 Å². The fraction of sp³-hybridized carbons (Fsp3) is 0.615. The highest BCUT2D eigenvalue weighted by Gasteiger charge is 2.24. The van der Waals surface area contributed by atoms with Gasteiger partial charge in [-0.15, -0.1) is 11.3 Å². The molecule has 0 aromatic carbocycles. The van der Waals surface area contributed by atoms with Gasteiger partial charge in [0.25, 0.3) is 5.91 Å². The van der Waals surface area contributed by atoms with Crippen molar-refractivity contribution >= 4 is 27.3 Å². The quantitative estimate of drug-likeness (QED) is 0.839. The number of amides is 1. The molecular weight excluding hydrogens is 296 g/mol. The Morgan fingerprint density at radius 2 is 1.95 bits per heavy atom. The van der Waals surface area contributed by atoms with Crippen molar-refractivity contribution < 1.29 is 13.2 Å². The molecule has 0 aliphatic heterocycles. The fourth-order valence-electron chi connectivity index (χ4n) is 1.68. The Hall–Kier alpha value is -0.920. The van der Waals surface area contributed by atoms with E-state index in [1.807, 2.05) is 13.8 Å². The lowest BCUT2D eigenvalue weighted by Crippen LogP contribution is -2.31. The van der Waals surface area contributed by atoms with Crippen LogP contribution in [0.1, 0.15) is 43.8 Å². The molecule has 0 saturated carbocycles. The molecule has 1 aromatic heterocycles. The molecule has 0 saturated heterocycles. The van der Waals surface area contributed by atoms with Crippen molar-refractivity contribution in [2.75, 3.05) is 13.1 Å². The average molecular weight is 318 g/mol. The topological polar surface area (TPSA) is 66.5 Å². The van der Waals surface area contributed by atoms with Gasteiger partial charge in [0, 0.05) is 24.5 Å². The molecule has 0 bridgehead atoms. The zero-order valence-electron chi connectivity index (χ0n) is 12.3. The van der Waals surface area contributed by atoms with Gasteiger partial charge in [0.2, 0.25) is 10.0 Å². The third kappa shape index (κ3) is 3.80. The summed E-state index contributed by atoms with van der Waals surface area (Å²) in [5.41, 5.74) is 0. The SMILES string of the molecule is CCC(C)NC(=O)c1cc(S(=O)(=O)N(CC)CC)cs1. The van der Waals surface area contributed by atoms with Crippen LogP contribution in [0.2, 0.25) is 0 Å². The second kappa shape index (κ2) is 7.19. The van der Waals surface area contributed by atoms with Gasteiger partial charge in [-0.05, 0) is 19.4 Å². The van der Waals surface area contributed by atoms with Crippen molar-refractivity contribution in [2.45, 2.75) is 45.1 Å². The number of nitrogens with zero attached hydrogens (tertiary/aromatic N) is 1. The average Bonchev–Trinajstić information content (AvgIpc) is 2.90. The Morgan fingerprint density at radius 1 is 1.35 bits per heavy atom. The van der Waals surface area contributed by atoms with E-state index in [0.717, 1.165) is 17.8 Å². The number of rotatable bonds is 7. The first-order chi connectivity index (χ1) is 9.36. The zero-order valence-corrected chi connectivity index (χ0v) is 14.0. The summed E-state index contributed by atoms with van der Waals surface area (Å²) in [6, 6.07) is 1.53. The molecule has 0 radical (unpaired) electrons. The van der Waals surface area contributed by atoms with Crippen molar-refractivity contribution in [1.29, 1.82) is 0 Å². The van der Waals surface area contributed by atoms with Crippen LogP contribution in [-0.2, 0) is 10.0 Å². The normalized spacial score (nSPS) is 13.4. The van der Waals surface area contributed by atoms with Gasteiger partial charge >= 0.3 is 0 Å². The van der Waals surface area contributed by atoms with Gasteiger partial charge in [-0.3, -0.25) is 4.79 Å². The first kappa shape index (κ1) is 17.1. The Morgan fingerprint density at radius 3 is 2.45 bits per heavy atom. The lowest BCUT2D eigenvalue weighted by atomic mass is 10.2. The predicted octanol–water partition coefficient (Wildman–Crippen LogP) is 2.31. The number of sulfonamides is 1. The molecular formula is C13H22N2O3S2. The lowest BCUT2D eigenvalue weighted by molar-refractivity contribution is 0.0943. The molecule has 20 heavy (non-hydrogen) atoms. The molecule has 0 aliphatic carbocycles. The van der Waals surface area contributed by atoms with Gasteiger partial charge in [-0.2, -0.15) is 4.31 Å². The van der Waals surface area contributed by atoms with Crippen LogP contribution in [0.25, 0.3) is 0 Å². The van der Waals surface area contributed by atoms with Gasteiger partial charge < -0.3 is 5.32 Å². The Labute approximate surface area is 125 Å². The third-order valence-electron chi connectivity index (χ3n) is 3.13. The van der Waals surface area contributed by atoms with Gasteiger partial charge in [-0.25, -0.2) is 8.42 Å². The highest BCUT2D eigenvalue weighted by Crippen LogP contribution is 2.22. The van der Waals surface area contributed by atoms with Crippen LogP contribution >= 0.6 is 11.3 Å². The maximum absolute atomic E-state index is 12.3. The number of hydrogen-bond acceptors (Lipinski definition) is 4. The van der Waals surface area contributed by atoms with E-state index < -0.39 is 10.0 Å². The highest BCUT2D eigenvalue weighted by molar-refractivity contribution is 7.89. The van der Waals surface area contributed by atoms with Crippen LogP contribution in [0.4, 0.5) is 0 Å². The summed E-state index contributed by atoms with van der Waals surface area (Å²) in [5, 5.41) is 4.36. The summed E-state index contributed by atoms with van der Waals surface area (Å²) in [5.74, 6) is -0.217. The Balaban J connectivity index is 2.95. The first-order valence-corrected chi connectivity index (χ1v) is 9.08. The number of carbonyl (C=O) groups is 1. The van der Waals surface area contributed by atoms with Crippen molar-refractivity contribution in [1.82, 2.24) is 9.62 Å². The van der Waals surface area contributed by atoms with Crippen molar-refractivity contribution in [3.05, 3.63) is 16.3 Å². The maximum atomic E-state index is 12.3. The molecule has 7 heteroatoms. The minimum Gasteiger partial charge on any atom is -0.349 e. The van der Waals surface area contributed by atoms with Crippen molar-refractivity contribution in [2.24, 2.45) is 0 Å². The zero-order chi connectivity index (χ0) is 15.3. The number of carbonyl (C=O) groups excluding carboxylic acids is 1. The Kier molecular flexibility index (Phi) is 6.16. The summed E-state index contributed by atoms with van der Waals surface area (Å²) in [6.07, 6.45) is 0.835. The van der Waals surface area contributed by atoms with E-state index in [0.29, 0.717) is 18.0 Å². The van der Waals surface area contributed by atoms with Gasteiger partial charge in [0.1, 0.15) is 0 Å². The van der Waals surface area contributed by atoms with E-state index in [9.17, 15) is 13.2 Å². The summed E-state index contributed by atoms with van der Waals surface area (Å²) >= 11 is 1.16. The van der Waals surface area contributed by atoms with Crippen LogP contribution in [0.3, 0.4) is 0 Å². The monoisotopic (exact) mass is 318 g/mol. The number of nitrogens with one attached hydrogen (secondary N) is 1. The molecule has 1 N–H and O–H groups in total. The predicted molar refractivity (Wildman–Crippen MR) is 81.6 cm³/mol. The smallest absolute Gasteiger partial charge is 0.261 e. The summed E-state index contributed by atoms with van der Waals surface area (Å²) < 4.78 is 26.0. The third-order valence-corrected chi connectivity index (χ3v) is 6.24. The summed E-state index contributed by atoms with van der Waals surface area (Å²) in [7, 11) is -3.48. The fourth-order valence-corrected chi connectivity index (χ4v) is 4.30. The maximum Gasteiger partial charge on any atom is 0.261 e. The van der Waals surface area contributed by atoms with Crippen molar-refractivity contribution in [3.63, 3.8) is 0 Å². The molecule has 1 unspecified atom stereocenters.